The minimum absolute atomic E-state index is 0.0657. The largest absolute Gasteiger partial charge is 0.481 e. The van der Waals surface area contributed by atoms with E-state index in [1.807, 2.05) is 0 Å². The number of carbonyl (C=O) groups excluding carboxylic acids is 1. The van der Waals surface area contributed by atoms with Crippen LogP contribution >= 0.6 is 11.3 Å². The lowest BCUT2D eigenvalue weighted by Crippen LogP contribution is -2.31. The van der Waals surface area contributed by atoms with Crippen molar-refractivity contribution in [2.24, 2.45) is 5.92 Å². The molecule has 1 atom stereocenters. The van der Waals surface area contributed by atoms with Gasteiger partial charge in [0, 0.05) is 11.2 Å². The second-order valence-corrected chi connectivity index (χ2v) is 5.70. The lowest BCUT2D eigenvalue weighted by Gasteiger charge is -2.07. The van der Waals surface area contributed by atoms with Gasteiger partial charge in [0.25, 0.3) is 5.91 Å². The molecule has 6 heteroatoms. The van der Waals surface area contributed by atoms with E-state index in [4.69, 9.17) is 5.11 Å². The Balaban J connectivity index is 2.22. The average molecular weight is 295 g/mol. The SMILES string of the molecule is Cc1c(C(=O)NCC(C)C(=O)O)sc2ccc(F)cc12. The van der Waals surface area contributed by atoms with Gasteiger partial charge in [-0.05, 0) is 36.1 Å². The summed E-state index contributed by atoms with van der Waals surface area (Å²) in [5.74, 6) is -2.27. The molecule has 4 nitrogen and oxygen atoms in total. The maximum absolute atomic E-state index is 13.2. The Morgan fingerprint density at radius 1 is 1.45 bits per heavy atom. The molecular formula is C14H14FNO3S. The van der Waals surface area contributed by atoms with Gasteiger partial charge in [-0.2, -0.15) is 0 Å². The lowest BCUT2D eigenvalue weighted by atomic mass is 10.1. The Morgan fingerprint density at radius 3 is 2.80 bits per heavy atom. The van der Waals surface area contributed by atoms with E-state index in [9.17, 15) is 14.0 Å². The van der Waals surface area contributed by atoms with Crippen LogP contribution in [0.5, 0.6) is 0 Å². The molecule has 0 radical (unpaired) electrons. The number of benzene rings is 1. The molecule has 1 unspecified atom stereocenters. The Morgan fingerprint density at radius 2 is 2.15 bits per heavy atom. The molecule has 1 aromatic heterocycles. The van der Waals surface area contributed by atoms with E-state index < -0.39 is 11.9 Å². The second-order valence-electron chi connectivity index (χ2n) is 4.65. The van der Waals surface area contributed by atoms with Gasteiger partial charge in [0.2, 0.25) is 0 Å². The van der Waals surface area contributed by atoms with Crippen LogP contribution < -0.4 is 5.32 Å². The zero-order valence-corrected chi connectivity index (χ0v) is 11.9. The highest BCUT2D eigenvalue weighted by molar-refractivity contribution is 7.21. The van der Waals surface area contributed by atoms with Crippen LogP contribution in [0, 0.1) is 18.7 Å². The molecule has 0 bridgehead atoms. The molecule has 2 aromatic rings. The molecule has 0 aliphatic carbocycles. The van der Waals surface area contributed by atoms with E-state index in [0.717, 1.165) is 4.70 Å². The predicted molar refractivity (Wildman–Crippen MR) is 75.7 cm³/mol. The van der Waals surface area contributed by atoms with Crippen molar-refractivity contribution in [3.8, 4) is 0 Å². The Labute approximate surface area is 119 Å². The van der Waals surface area contributed by atoms with Gasteiger partial charge in [0.05, 0.1) is 10.8 Å². The van der Waals surface area contributed by atoms with E-state index >= 15 is 0 Å². The Kier molecular flexibility index (Phi) is 4.04. The third-order valence-corrected chi connectivity index (χ3v) is 4.37. The first-order valence-electron chi connectivity index (χ1n) is 6.09. The molecule has 1 amide bonds. The van der Waals surface area contributed by atoms with Crippen LogP contribution in [0.15, 0.2) is 18.2 Å². The maximum atomic E-state index is 13.2. The molecule has 0 fully saturated rings. The fraction of sp³-hybridized carbons (Fsp3) is 0.286. The number of carboxylic acids is 1. The van der Waals surface area contributed by atoms with E-state index in [-0.39, 0.29) is 18.3 Å². The van der Waals surface area contributed by atoms with Crippen molar-refractivity contribution in [2.45, 2.75) is 13.8 Å². The summed E-state index contributed by atoms with van der Waals surface area (Å²) >= 11 is 1.27. The highest BCUT2D eigenvalue weighted by Gasteiger charge is 2.18. The lowest BCUT2D eigenvalue weighted by molar-refractivity contribution is -0.140. The predicted octanol–water partition coefficient (Wildman–Crippen LogP) is 2.80. The molecule has 0 saturated heterocycles. The molecule has 1 heterocycles. The number of aryl methyl sites for hydroxylation is 1. The van der Waals surface area contributed by atoms with E-state index in [0.29, 0.717) is 15.8 Å². The minimum Gasteiger partial charge on any atom is -0.481 e. The van der Waals surface area contributed by atoms with E-state index in [1.165, 1.54) is 30.4 Å². The maximum Gasteiger partial charge on any atom is 0.308 e. The molecule has 20 heavy (non-hydrogen) atoms. The molecule has 0 saturated carbocycles. The summed E-state index contributed by atoms with van der Waals surface area (Å²) < 4.78 is 14.0. The zero-order valence-electron chi connectivity index (χ0n) is 11.1. The van der Waals surface area contributed by atoms with Gasteiger partial charge in [-0.1, -0.05) is 6.92 Å². The summed E-state index contributed by atoms with van der Waals surface area (Å²) in [7, 11) is 0. The fourth-order valence-electron chi connectivity index (χ4n) is 1.82. The van der Waals surface area contributed by atoms with Crippen LogP contribution in [0.2, 0.25) is 0 Å². The number of carboxylic acid groups (broad SMARTS) is 1. The van der Waals surface area contributed by atoms with Crippen LogP contribution in [0.25, 0.3) is 10.1 Å². The monoisotopic (exact) mass is 295 g/mol. The zero-order chi connectivity index (χ0) is 14.9. The third-order valence-electron chi connectivity index (χ3n) is 3.09. The topological polar surface area (TPSA) is 66.4 Å². The van der Waals surface area contributed by atoms with Crippen LogP contribution in [0.4, 0.5) is 4.39 Å². The first kappa shape index (κ1) is 14.5. The third kappa shape index (κ3) is 2.80. The minimum atomic E-state index is -0.958. The normalized spacial score (nSPS) is 12.3. The molecule has 1 aromatic carbocycles. The fourth-order valence-corrected chi connectivity index (χ4v) is 2.93. The number of thiophene rings is 1. The van der Waals surface area contributed by atoms with E-state index in [2.05, 4.69) is 5.32 Å². The van der Waals surface area contributed by atoms with Crippen molar-refractivity contribution in [2.75, 3.05) is 6.54 Å². The average Bonchev–Trinajstić information content (AvgIpc) is 2.73. The molecule has 0 aliphatic rings. The highest BCUT2D eigenvalue weighted by Crippen LogP contribution is 2.31. The summed E-state index contributed by atoms with van der Waals surface area (Å²) in [5, 5.41) is 12.1. The first-order valence-corrected chi connectivity index (χ1v) is 6.91. The number of fused-ring (bicyclic) bond motifs is 1. The molecule has 2 N–H and O–H groups in total. The summed E-state index contributed by atoms with van der Waals surface area (Å²) in [6.45, 7) is 3.35. The Hall–Kier alpha value is -1.95. The molecule has 0 spiro atoms. The van der Waals surface area contributed by atoms with Crippen molar-refractivity contribution in [1.82, 2.24) is 5.32 Å². The smallest absolute Gasteiger partial charge is 0.308 e. The number of amides is 1. The second kappa shape index (κ2) is 5.58. The number of aliphatic carboxylic acids is 1. The van der Waals surface area contributed by atoms with Gasteiger partial charge < -0.3 is 10.4 Å². The standard InChI is InChI=1S/C14H14FNO3S/c1-7(14(18)19)6-16-13(17)12-8(2)10-5-9(15)3-4-11(10)20-12/h3-5,7H,6H2,1-2H3,(H,16,17)(H,18,19). The van der Waals surface area contributed by atoms with Crippen LogP contribution in [0.3, 0.4) is 0 Å². The van der Waals surface area contributed by atoms with Gasteiger partial charge >= 0.3 is 5.97 Å². The first-order chi connectivity index (χ1) is 9.40. The van der Waals surface area contributed by atoms with Crippen molar-refractivity contribution < 1.29 is 19.1 Å². The summed E-state index contributed by atoms with van der Waals surface area (Å²) in [5.41, 5.74) is 0.713. The number of carbonyl (C=O) groups is 2. The van der Waals surface area contributed by atoms with Gasteiger partial charge in [-0.25, -0.2) is 4.39 Å². The van der Waals surface area contributed by atoms with Crippen molar-refractivity contribution in [3.63, 3.8) is 0 Å². The van der Waals surface area contributed by atoms with Crippen LogP contribution in [-0.2, 0) is 4.79 Å². The molecule has 0 aliphatic heterocycles. The number of hydrogen-bond donors (Lipinski definition) is 2. The Bertz CT molecular complexity index is 680. The molecule has 2 rings (SSSR count). The van der Waals surface area contributed by atoms with Gasteiger partial charge in [-0.15, -0.1) is 11.3 Å². The van der Waals surface area contributed by atoms with Crippen molar-refractivity contribution in [1.29, 1.82) is 0 Å². The number of halogens is 1. The van der Waals surface area contributed by atoms with Crippen molar-refractivity contribution in [3.05, 3.63) is 34.5 Å². The number of rotatable bonds is 4. The molecular weight excluding hydrogens is 281 g/mol. The van der Waals surface area contributed by atoms with E-state index in [1.54, 1.807) is 13.0 Å². The summed E-state index contributed by atoms with van der Waals surface area (Å²) in [6.07, 6.45) is 0. The summed E-state index contributed by atoms with van der Waals surface area (Å²) in [4.78, 5) is 23.3. The quantitative estimate of drug-likeness (QED) is 0.911. The van der Waals surface area contributed by atoms with Gasteiger partial charge in [0.1, 0.15) is 5.82 Å². The van der Waals surface area contributed by atoms with Gasteiger partial charge in [-0.3, -0.25) is 9.59 Å². The van der Waals surface area contributed by atoms with Crippen LogP contribution in [-0.4, -0.2) is 23.5 Å². The van der Waals surface area contributed by atoms with Gasteiger partial charge in [0.15, 0.2) is 0 Å². The number of hydrogen-bond acceptors (Lipinski definition) is 3. The van der Waals surface area contributed by atoms with Crippen LogP contribution in [0.1, 0.15) is 22.2 Å². The van der Waals surface area contributed by atoms with Crippen molar-refractivity contribution >= 4 is 33.3 Å². The summed E-state index contributed by atoms with van der Waals surface area (Å²) in [6, 6.07) is 4.39. The molecule has 106 valence electrons. The highest BCUT2D eigenvalue weighted by atomic mass is 32.1. The number of nitrogens with one attached hydrogen (secondary N) is 1.